The number of nitrogens with one attached hydrogen (secondary N) is 2. The summed E-state index contributed by atoms with van der Waals surface area (Å²) < 4.78 is 1.19. The lowest BCUT2D eigenvalue weighted by molar-refractivity contribution is 0.885. The summed E-state index contributed by atoms with van der Waals surface area (Å²) >= 11 is 0. The smallest absolute Gasteiger partial charge is 0.364 e. The fourth-order valence-corrected chi connectivity index (χ4v) is 1.63. The first kappa shape index (κ1) is 10.3. The highest BCUT2D eigenvalue weighted by molar-refractivity contribution is 5.61. The summed E-state index contributed by atoms with van der Waals surface area (Å²) in [5, 5.41) is 13.3. The number of nitrogens with zero attached hydrogens (tertiary/aromatic N) is 3. The van der Waals surface area contributed by atoms with Crippen molar-refractivity contribution >= 4 is 22.8 Å². The van der Waals surface area contributed by atoms with Gasteiger partial charge in [-0.05, 0) is 30.3 Å². The molecule has 7 nitrogen and oxygen atoms in total. The lowest BCUT2D eigenvalue weighted by Crippen LogP contribution is -2.13. The van der Waals surface area contributed by atoms with E-state index in [-0.39, 0.29) is 5.69 Å². The summed E-state index contributed by atoms with van der Waals surface area (Å²) in [6.07, 6.45) is 0. The van der Waals surface area contributed by atoms with Gasteiger partial charge in [-0.3, -0.25) is 0 Å². The Balaban J connectivity index is 1.99. The van der Waals surface area contributed by atoms with Gasteiger partial charge in [-0.15, -0.1) is 5.10 Å². The van der Waals surface area contributed by atoms with Crippen molar-refractivity contribution in [3.63, 3.8) is 0 Å². The van der Waals surface area contributed by atoms with Gasteiger partial charge in [0.05, 0.1) is 0 Å². The van der Waals surface area contributed by atoms with E-state index in [1.807, 2.05) is 12.1 Å². The van der Waals surface area contributed by atoms with E-state index < -0.39 is 0 Å². The maximum absolute atomic E-state index is 11.4. The second kappa shape index (κ2) is 3.88. The van der Waals surface area contributed by atoms with Crippen molar-refractivity contribution in [2.45, 2.75) is 0 Å². The minimum atomic E-state index is -0.374. The highest BCUT2D eigenvalue weighted by Gasteiger charge is 2.03. The molecule has 4 N–H and O–H groups in total. The molecule has 0 aliphatic rings. The van der Waals surface area contributed by atoms with Gasteiger partial charge in [0.15, 0.2) is 11.5 Å². The summed E-state index contributed by atoms with van der Waals surface area (Å²) in [6.45, 7) is 0. The molecule has 0 fully saturated rings. The molecule has 18 heavy (non-hydrogen) atoms. The van der Waals surface area contributed by atoms with Crippen molar-refractivity contribution in [2.24, 2.45) is 0 Å². The zero-order chi connectivity index (χ0) is 12.5. The minimum absolute atomic E-state index is 0.374. The summed E-state index contributed by atoms with van der Waals surface area (Å²) in [7, 11) is 0. The third-order valence-corrected chi connectivity index (χ3v) is 2.43. The van der Waals surface area contributed by atoms with Crippen LogP contribution in [0.5, 0.6) is 0 Å². The normalized spacial score (nSPS) is 10.7. The molecule has 0 radical (unpaired) electrons. The fourth-order valence-electron chi connectivity index (χ4n) is 1.63. The Morgan fingerprint density at radius 3 is 3.00 bits per heavy atom. The molecule has 2 aromatic heterocycles. The molecule has 1 aromatic carbocycles. The van der Waals surface area contributed by atoms with Crippen LogP contribution in [0.25, 0.3) is 5.65 Å². The quantitative estimate of drug-likeness (QED) is 0.575. The highest BCUT2D eigenvalue weighted by Crippen LogP contribution is 2.16. The van der Waals surface area contributed by atoms with Gasteiger partial charge in [0.1, 0.15) is 0 Å². The van der Waals surface area contributed by atoms with Gasteiger partial charge in [0.25, 0.3) is 0 Å². The summed E-state index contributed by atoms with van der Waals surface area (Å²) in [4.78, 5) is 11.4. The third-order valence-electron chi connectivity index (χ3n) is 2.43. The molecule has 7 heteroatoms. The van der Waals surface area contributed by atoms with Gasteiger partial charge >= 0.3 is 5.69 Å². The zero-order valence-corrected chi connectivity index (χ0v) is 9.29. The number of hydrogen-bond donors (Lipinski definition) is 3. The van der Waals surface area contributed by atoms with Gasteiger partial charge in [-0.1, -0.05) is 6.07 Å². The monoisotopic (exact) mass is 242 g/mol. The first-order valence-electron chi connectivity index (χ1n) is 5.29. The SMILES string of the molecule is Nc1cccc(Nc2ccc3n[nH]c(=O)n3n2)c1. The predicted molar refractivity (Wildman–Crippen MR) is 67.7 cm³/mol. The lowest BCUT2D eigenvalue weighted by atomic mass is 10.3. The van der Waals surface area contributed by atoms with Crippen LogP contribution in [0.3, 0.4) is 0 Å². The van der Waals surface area contributed by atoms with E-state index in [2.05, 4.69) is 20.6 Å². The maximum atomic E-state index is 11.4. The van der Waals surface area contributed by atoms with Crippen LogP contribution in [0.4, 0.5) is 17.2 Å². The number of nitrogens with two attached hydrogens (primary N) is 1. The average molecular weight is 242 g/mol. The first-order valence-corrected chi connectivity index (χ1v) is 5.29. The standard InChI is InChI=1S/C11H10N6O/c12-7-2-1-3-8(6-7)13-9-4-5-10-14-15-11(18)17(10)16-9/h1-6H,12H2,(H,13,16)(H,15,18). The van der Waals surface area contributed by atoms with E-state index in [1.165, 1.54) is 4.52 Å². The number of hydrogen-bond acceptors (Lipinski definition) is 5. The molecular weight excluding hydrogens is 232 g/mol. The van der Waals surface area contributed by atoms with Gasteiger partial charge < -0.3 is 11.1 Å². The Morgan fingerprint density at radius 1 is 1.28 bits per heavy atom. The van der Waals surface area contributed by atoms with Gasteiger partial charge in [-0.2, -0.15) is 9.61 Å². The van der Waals surface area contributed by atoms with E-state index in [9.17, 15) is 4.79 Å². The molecule has 0 amide bonds. The molecule has 0 saturated carbocycles. The van der Waals surface area contributed by atoms with Crippen molar-refractivity contribution in [2.75, 3.05) is 11.1 Å². The average Bonchev–Trinajstić information content (AvgIpc) is 2.71. The van der Waals surface area contributed by atoms with E-state index in [1.54, 1.807) is 24.3 Å². The number of fused-ring (bicyclic) bond motifs is 1. The number of aromatic nitrogens is 4. The van der Waals surface area contributed by atoms with Crippen molar-refractivity contribution < 1.29 is 0 Å². The Hall–Kier alpha value is -2.83. The van der Waals surface area contributed by atoms with Crippen LogP contribution in [-0.2, 0) is 0 Å². The van der Waals surface area contributed by atoms with E-state index in [4.69, 9.17) is 5.73 Å². The molecule has 0 aliphatic carbocycles. The number of aromatic amines is 1. The predicted octanol–water partition coefficient (Wildman–Crippen LogP) is 0.743. The van der Waals surface area contributed by atoms with Gasteiger partial charge in [-0.25, -0.2) is 9.89 Å². The Labute approximate surface area is 101 Å². The van der Waals surface area contributed by atoms with Gasteiger partial charge in [0, 0.05) is 11.4 Å². The topological polar surface area (TPSA) is 101 Å². The fraction of sp³-hybridized carbons (Fsp3) is 0. The number of benzene rings is 1. The molecule has 90 valence electrons. The van der Waals surface area contributed by atoms with Crippen LogP contribution in [0, 0.1) is 0 Å². The second-order valence-electron chi connectivity index (χ2n) is 3.77. The maximum Gasteiger partial charge on any atom is 0.364 e. The Kier molecular flexibility index (Phi) is 2.23. The minimum Gasteiger partial charge on any atom is -0.399 e. The molecule has 0 saturated heterocycles. The van der Waals surface area contributed by atoms with E-state index in [0.717, 1.165) is 5.69 Å². The number of nitrogen functional groups attached to an aromatic ring is 1. The van der Waals surface area contributed by atoms with Crippen LogP contribution in [0.2, 0.25) is 0 Å². The third kappa shape index (κ3) is 1.77. The van der Waals surface area contributed by atoms with E-state index in [0.29, 0.717) is 17.2 Å². The molecule has 0 aliphatic heterocycles. The lowest BCUT2D eigenvalue weighted by Gasteiger charge is -2.05. The molecule has 0 unspecified atom stereocenters. The van der Waals surface area contributed by atoms with Crippen LogP contribution in [0.1, 0.15) is 0 Å². The van der Waals surface area contributed by atoms with Crippen LogP contribution in [0.15, 0.2) is 41.2 Å². The van der Waals surface area contributed by atoms with Crippen LogP contribution in [-0.4, -0.2) is 19.8 Å². The molecule has 2 heterocycles. The molecule has 3 rings (SSSR count). The van der Waals surface area contributed by atoms with Crippen molar-refractivity contribution in [3.8, 4) is 0 Å². The molecule has 0 bridgehead atoms. The van der Waals surface area contributed by atoms with Crippen molar-refractivity contribution in [1.82, 2.24) is 19.8 Å². The first-order chi connectivity index (χ1) is 8.72. The molecule has 3 aromatic rings. The molecule has 0 spiro atoms. The van der Waals surface area contributed by atoms with Crippen LogP contribution >= 0.6 is 0 Å². The Morgan fingerprint density at radius 2 is 2.17 bits per heavy atom. The number of H-pyrrole nitrogens is 1. The zero-order valence-electron chi connectivity index (χ0n) is 9.29. The van der Waals surface area contributed by atoms with E-state index >= 15 is 0 Å². The highest BCUT2D eigenvalue weighted by atomic mass is 16.2. The molecule has 0 atom stereocenters. The number of rotatable bonds is 2. The summed E-state index contributed by atoms with van der Waals surface area (Å²) in [5.41, 5.74) is 7.23. The molecular formula is C11H10N6O. The van der Waals surface area contributed by atoms with Crippen molar-refractivity contribution in [1.29, 1.82) is 0 Å². The second-order valence-corrected chi connectivity index (χ2v) is 3.77. The largest absolute Gasteiger partial charge is 0.399 e. The van der Waals surface area contributed by atoms with Crippen LogP contribution < -0.4 is 16.7 Å². The summed E-state index contributed by atoms with van der Waals surface area (Å²) in [6, 6.07) is 10.7. The Bertz CT molecular complexity index is 759. The van der Waals surface area contributed by atoms with Gasteiger partial charge in [0.2, 0.25) is 0 Å². The number of anilines is 3. The summed E-state index contributed by atoms with van der Waals surface area (Å²) in [5.74, 6) is 0.539. The van der Waals surface area contributed by atoms with Crippen molar-refractivity contribution in [3.05, 3.63) is 46.9 Å².